The molecule has 1 fully saturated rings. The second-order valence-electron chi connectivity index (χ2n) is 4.71. The van der Waals surface area contributed by atoms with Gasteiger partial charge in [0.1, 0.15) is 0 Å². The summed E-state index contributed by atoms with van der Waals surface area (Å²) >= 11 is 0. The number of β-amino-alcohol motifs (C(OH)–C–C–N with tert-alkyl or cyclic N) is 1. The van der Waals surface area contributed by atoms with Gasteiger partial charge in [-0.05, 0) is 30.5 Å². The SMILES string of the molecule is N#Cc1ccc(CNC(=O)N2CCCC(O)C2)cc1. The number of piperidine rings is 1. The molecule has 2 N–H and O–H groups in total. The van der Waals surface area contributed by atoms with Crippen LogP contribution >= 0.6 is 0 Å². The predicted octanol–water partition coefficient (Wildman–Crippen LogP) is 1.22. The van der Waals surface area contributed by atoms with Crippen LogP contribution in [0.3, 0.4) is 0 Å². The van der Waals surface area contributed by atoms with E-state index >= 15 is 0 Å². The molecule has 0 radical (unpaired) electrons. The van der Waals surface area contributed by atoms with Gasteiger partial charge in [0.2, 0.25) is 0 Å². The molecule has 1 unspecified atom stereocenters. The summed E-state index contributed by atoms with van der Waals surface area (Å²) in [6.45, 7) is 1.52. The topological polar surface area (TPSA) is 76.4 Å². The van der Waals surface area contributed by atoms with E-state index in [1.165, 1.54) is 0 Å². The third-order valence-electron chi connectivity index (χ3n) is 3.21. The molecule has 1 aromatic rings. The lowest BCUT2D eigenvalue weighted by Crippen LogP contribution is -2.46. The van der Waals surface area contributed by atoms with E-state index in [1.54, 1.807) is 17.0 Å². The molecule has 5 nitrogen and oxygen atoms in total. The van der Waals surface area contributed by atoms with Crippen LogP contribution in [0.1, 0.15) is 24.0 Å². The molecule has 19 heavy (non-hydrogen) atoms. The highest BCUT2D eigenvalue weighted by atomic mass is 16.3. The summed E-state index contributed by atoms with van der Waals surface area (Å²) in [6.07, 6.45) is 1.19. The van der Waals surface area contributed by atoms with Crippen molar-refractivity contribution in [2.24, 2.45) is 0 Å². The van der Waals surface area contributed by atoms with Gasteiger partial charge in [0.05, 0.1) is 17.7 Å². The second kappa shape index (κ2) is 6.21. The average Bonchev–Trinajstić information content (AvgIpc) is 2.45. The van der Waals surface area contributed by atoms with E-state index in [1.807, 2.05) is 12.1 Å². The lowest BCUT2D eigenvalue weighted by molar-refractivity contribution is 0.0842. The van der Waals surface area contributed by atoms with Crippen molar-refractivity contribution in [3.63, 3.8) is 0 Å². The fourth-order valence-corrected chi connectivity index (χ4v) is 2.13. The van der Waals surface area contributed by atoms with Crippen molar-refractivity contribution in [3.8, 4) is 6.07 Å². The smallest absolute Gasteiger partial charge is 0.317 e. The van der Waals surface area contributed by atoms with Crippen LogP contribution in [0.25, 0.3) is 0 Å². The molecule has 1 aliphatic rings. The van der Waals surface area contributed by atoms with Crippen molar-refractivity contribution in [1.82, 2.24) is 10.2 Å². The van der Waals surface area contributed by atoms with Crippen LogP contribution in [0.4, 0.5) is 4.79 Å². The number of hydrogen-bond donors (Lipinski definition) is 2. The van der Waals surface area contributed by atoms with Crippen LogP contribution < -0.4 is 5.32 Å². The summed E-state index contributed by atoms with van der Waals surface area (Å²) < 4.78 is 0. The summed E-state index contributed by atoms with van der Waals surface area (Å²) in [5, 5.41) is 21.0. The molecule has 0 aliphatic carbocycles. The lowest BCUT2D eigenvalue weighted by Gasteiger charge is -2.30. The average molecular weight is 259 g/mol. The molecule has 1 atom stereocenters. The first-order valence-corrected chi connectivity index (χ1v) is 6.39. The Balaban J connectivity index is 1.84. The molecule has 5 heteroatoms. The highest BCUT2D eigenvalue weighted by Crippen LogP contribution is 2.10. The van der Waals surface area contributed by atoms with Gasteiger partial charge in [0.25, 0.3) is 0 Å². The zero-order valence-corrected chi connectivity index (χ0v) is 10.7. The van der Waals surface area contributed by atoms with Crippen molar-refractivity contribution < 1.29 is 9.90 Å². The molecule has 1 saturated heterocycles. The molecule has 100 valence electrons. The van der Waals surface area contributed by atoms with Gasteiger partial charge >= 0.3 is 6.03 Å². The van der Waals surface area contributed by atoms with Crippen LogP contribution in [0, 0.1) is 11.3 Å². The van der Waals surface area contributed by atoms with E-state index in [0.717, 1.165) is 18.4 Å². The number of carbonyl (C=O) groups excluding carboxylic acids is 1. The molecule has 1 aromatic carbocycles. The summed E-state index contributed by atoms with van der Waals surface area (Å²) in [6, 6.07) is 9.01. The fraction of sp³-hybridized carbons (Fsp3) is 0.429. The normalized spacial score (nSPS) is 18.7. The minimum Gasteiger partial charge on any atom is -0.391 e. The third kappa shape index (κ3) is 3.70. The quantitative estimate of drug-likeness (QED) is 0.838. The largest absolute Gasteiger partial charge is 0.391 e. The molecular formula is C14H17N3O2. The number of likely N-dealkylation sites (tertiary alicyclic amines) is 1. The Morgan fingerprint density at radius 2 is 2.21 bits per heavy atom. The highest BCUT2D eigenvalue weighted by Gasteiger charge is 2.21. The van der Waals surface area contributed by atoms with E-state index in [0.29, 0.717) is 25.2 Å². The number of urea groups is 1. The van der Waals surface area contributed by atoms with E-state index < -0.39 is 6.10 Å². The summed E-state index contributed by atoms with van der Waals surface area (Å²) in [5.41, 5.74) is 1.55. The first-order chi connectivity index (χ1) is 9.19. The minimum atomic E-state index is -0.408. The van der Waals surface area contributed by atoms with Crippen molar-refractivity contribution in [2.75, 3.05) is 13.1 Å². The first kappa shape index (κ1) is 13.4. The van der Waals surface area contributed by atoms with Crippen molar-refractivity contribution >= 4 is 6.03 Å². The van der Waals surface area contributed by atoms with Crippen LogP contribution in [0.5, 0.6) is 0 Å². The van der Waals surface area contributed by atoms with Gasteiger partial charge in [0, 0.05) is 19.6 Å². The number of hydrogen-bond acceptors (Lipinski definition) is 3. The van der Waals surface area contributed by atoms with Crippen molar-refractivity contribution in [1.29, 1.82) is 5.26 Å². The Labute approximate surface area is 112 Å². The Hall–Kier alpha value is -2.06. The minimum absolute atomic E-state index is 0.150. The third-order valence-corrected chi connectivity index (χ3v) is 3.21. The van der Waals surface area contributed by atoms with Gasteiger partial charge in [0.15, 0.2) is 0 Å². The number of aliphatic hydroxyl groups excluding tert-OH is 1. The van der Waals surface area contributed by atoms with E-state index in [4.69, 9.17) is 5.26 Å². The number of carbonyl (C=O) groups is 1. The molecule has 2 amide bonds. The van der Waals surface area contributed by atoms with Crippen LogP contribution in [-0.4, -0.2) is 35.2 Å². The number of nitrogens with one attached hydrogen (secondary N) is 1. The summed E-state index contributed by atoms with van der Waals surface area (Å²) in [5.74, 6) is 0. The summed E-state index contributed by atoms with van der Waals surface area (Å²) in [7, 11) is 0. The van der Waals surface area contributed by atoms with Gasteiger partial charge in [-0.1, -0.05) is 12.1 Å². The maximum absolute atomic E-state index is 11.9. The monoisotopic (exact) mass is 259 g/mol. The molecular weight excluding hydrogens is 242 g/mol. The number of nitriles is 1. The van der Waals surface area contributed by atoms with E-state index in [9.17, 15) is 9.90 Å². The zero-order chi connectivity index (χ0) is 13.7. The molecule has 0 saturated carbocycles. The standard InChI is InChI=1S/C14H17N3O2/c15-8-11-3-5-12(6-4-11)9-16-14(19)17-7-1-2-13(18)10-17/h3-6,13,18H,1-2,7,9-10H2,(H,16,19). The molecule has 0 bridgehead atoms. The van der Waals surface area contributed by atoms with E-state index in [-0.39, 0.29) is 6.03 Å². The Morgan fingerprint density at radius 3 is 2.84 bits per heavy atom. The molecule has 2 rings (SSSR count). The maximum Gasteiger partial charge on any atom is 0.317 e. The number of aliphatic hydroxyl groups is 1. The molecule has 0 aromatic heterocycles. The summed E-state index contributed by atoms with van der Waals surface area (Å²) in [4.78, 5) is 13.5. The zero-order valence-electron chi connectivity index (χ0n) is 10.7. The predicted molar refractivity (Wildman–Crippen MR) is 70.2 cm³/mol. The van der Waals surface area contributed by atoms with Gasteiger partial charge in [-0.25, -0.2) is 4.79 Å². The van der Waals surface area contributed by atoms with Crippen molar-refractivity contribution in [3.05, 3.63) is 35.4 Å². The number of benzene rings is 1. The van der Waals surface area contributed by atoms with Crippen LogP contribution in [0.2, 0.25) is 0 Å². The van der Waals surface area contributed by atoms with Gasteiger partial charge in [-0.2, -0.15) is 5.26 Å². The van der Waals surface area contributed by atoms with Crippen LogP contribution in [-0.2, 0) is 6.54 Å². The number of nitrogens with zero attached hydrogens (tertiary/aromatic N) is 2. The molecule has 1 aliphatic heterocycles. The van der Waals surface area contributed by atoms with Crippen LogP contribution in [0.15, 0.2) is 24.3 Å². The maximum atomic E-state index is 11.9. The second-order valence-corrected chi connectivity index (χ2v) is 4.71. The van der Waals surface area contributed by atoms with Gasteiger partial charge in [-0.3, -0.25) is 0 Å². The Morgan fingerprint density at radius 1 is 1.47 bits per heavy atom. The Kier molecular flexibility index (Phi) is 4.37. The highest BCUT2D eigenvalue weighted by molar-refractivity contribution is 5.74. The van der Waals surface area contributed by atoms with E-state index in [2.05, 4.69) is 11.4 Å². The van der Waals surface area contributed by atoms with Crippen molar-refractivity contribution in [2.45, 2.75) is 25.5 Å². The lowest BCUT2D eigenvalue weighted by atomic mass is 10.1. The molecule has 0 spiro atoms. The van der Waals surface area contributed by atoms with Gasteiger partial charge in [-0.15, -0.1) is 0 Å². The Bertz CT molecular complexity index is 478. The van der Waals surface area contributed by atoms with Gasteiger partial charge < -0.3 is 15.3 Å². The number of rotatable bonds is 2. The molecule has 1 heterocycles. The number of amides is 2. The first-order valence-electron chi connectivity index (χ1n) is 6.39. The fourth-order valence-electron chi connectivity index (χ4n) is 2.13.